The average Bonchev–Trinajstić information content (AvgIpc) is 3.17. The van der Waals surface area contributed by atoms with Crippen LogP contribution in [0.25, 0.3) is 0 Å². The Hall–Kier alpha value is -1.86. The molecule has 0 bridgehead atoms. The number of fused-ring (bicyclic) bond motifs is 1. The van der Waals surface area contributed by atoms with Crippen molar-refractivity contribution in [3.05, 3.63) is 40.6 Å². The zero-order valence-corrected chi connectivity index (χ0v) is 13.5. The summed E-state index contributed by atoms with van der Waals surface area (Å²) in [7, 11) is 0. The number of amides is 2. The van der Waals surface area contributed by atoms with Crippen molar-refractivity contribution in [2.75, 3.05) is 24.4 Å². The van der Waals surface area contributed by atoms with Crippen LogP contribution in [0.2, 0.25) is 0 Å². The summed E-state index contributed by atoms with van der Waals surface area (Å²) in [5, 5.41) is 7.70. The van der Waals surface area contributed by atoms with Gasteiger partial charge in [-0.2, -0.15) is 11.8 Å². The Bertz CT molecular complexity index is 632. The molecular formula is C15H16N2O3S2. The van der Waals surface area contributed by atoms with Crippen molar-refractivity contribution in [2.45, 2.75) is 5.75 Å². The number of hydrogen-bond donors (Lipinski definition) is 2. The lowest BCUT2D eigenvalue weighted by molar-refractivity contribution is 0.174. The van der Waals surface area contributed by atoms with Gasteiger partial charge in [0.1, 0.15) is 0 Å². The standard InChI is InChI=1S/C15H16N2O3S2/c18-15(16-5-7-21-9-12-2-1-6-22-12)17-11-3-4-13-14(8-11)20-10-19-13/h1-4,6,8H,5,7,9-10H2,(H2,16,17,18). The highest BCUT2D eigenvalue weighted by Gasteiger charge is 2.13. The van der Waals surface area contributed by atoms with Crippen LogP contribution in [0.3, 0.4) is 0 Å². The van der Waals surface area contributed by atoms with Gasteiger partial charge in [-0.1, -0.05) is 6.07 Å². The molecule has 1 aromatic carbocycles. The predicted octanol–water partition coefficient (Wildman–Crippen LogP) is 3.53. The van der Waals surface area contributed by atoms with Crippen LogP contribution < -0.4 is 20.1 Å². The van der Waals surface area contributed by atoms with Gasteiger partial charge in [-0.3, -0.25) is 0 Å². The number of anilines is 1. The molecule has 0 saturated carbocycles. The lowest BCUT2D eigenvalue weighted by Gasteiger charge is -2.08. The van der Waals surface area contributed by atoms with E-state index >= 15 is 0 Å². The molecule has 7 heteroatoms. The van der Waals surface area contributed by atoms with Crippen LogP contribution in [-0.4, -0.2) is 25.1 Å². The predicted molar refractivity (Wildman–Crippen MR) is 90.1 cm³/mol. The number of thiophene rings is 1. The molecule has 2 heterocycles. The van der Waals surface area contributed by atoms with E-state index in [4.69, 9.17) is 9.47 Å². The first-order valence-electron chi connectivity index (χ1n) is 6.86. The lowest BCUT2D eigenvalue weighted by Crippen LogP contribution is -2.30. The number of carbonyl (C=O) groups is 1. The first-order valence-corrected chi connectivity index (χ1v) is 8.89. The number of rotatable bonds is 6. The minimum absolute atomic E-state index is 0.212. The minimum atomic E-state index is -0.212. The Labute approximate surface area is 137 Å². The molecule has 1 aliphatic heterocycles. The second-order valence-corrected chi connectivity index (χ2v) is 6.72. The van der Waals surface area contributed by atoms with Crippen molar-refractivity contribution in [1.82, 2.24) is 5.32 Å². The first-order chi connectivity index (χ1) is 10.8. The molecule has 0 saturated heterocycles. The summed E-state index contributed by atoms with van der Waals surface area (Å²) in [6, 6.07) is 9.30. The van der Waals surface area contributed by atoms with Gasteiger partial charge in [-0.25, -0.2) is 4.79 Å². The number of carbonyl (C=O) groups excluding carboxylic acids is 1. The van der Waals surface area contributed by atoms with E-state index in [2.05, 4.69) is 28.1 Å². The smallest absolute Gasteiger partial charge is 0.319 e. The van der Waals surface area contributed by atoms with Crippen LogP contribution in [0.15, 0.2) is 35.7 Å². The van der Waals surface area contributed by atoms with Crippen LogP contribution >= 0.6 is 23.1 Å². The second-order valence-electron chi connectivity index (χ2n) is 4.58. The Morgan fingerprint density at radius 1 is 1.27 bits per heavy atom. The molecule has 0 unspecified atom stereocenters. The summed E-state index contributed by atoms with van der Waals surface area (Å²) in [6.45, 7) is 0.860. The van der Waals surface area contributed by atoms with Crippen LogP contribution in [0.5, 0.6) is 11.5 Å². The van der Waals surface area contributed by atoms with E-state index in [0.717, 1.165) is 11.5 Å². The van der Waals surface area contributed by atoms with Gasteiger partial charge >= 0.3 is 6.03 Å². The molecule has 0 fully saturated rings. The third-order valence-corrected chi connectivity index (χ3v) is 5.05. The van der Waals surface area contributed by atoms with Crippen LogP contribution in [-0.2, 0) is 5.75 Å². The van der Waals surface area contributed by atoms with Crippen molar-refractivity contribution in [1.29, 1.82) is 0 Å². The number of thioether (sulfide) groups is 1. The third-order valence-electron chi connectivity index (χ3n) is 2.99. The van der Waals surface area contributed by atoms with Gasteiger partial charge in [0.25, 0.3) is 0 Å². The molecule has 1 aromatic heterocycles. The maximum atomic E-state index is 11.8. The third kappa shape index (κ3) is 4.08. The molecule has 0 aliphatic carbocycles. The van der Waals surface area contributed by atoms with Gasteiger partial charge in [-0.15, -0.1) is 11.3 Å². The quantitative estimate of drug-likeness (QED) is 0.792. The summed E-state index contributed by atoms with van der Waals surface area (Å²) < 4.78 is 10.5. The monoisotopic (exact) mass is 336 g/mol. The largest absolute Gasteiger partial charge is 0.454 e. The first kappa shape index (κ1) is 15.1. The van der Waals surface area contributed by atoms with Gasteiger partial charge in [-0.05, 0) is 23.6 Å². The normalized spacial score (nSPS) is 12.2. The molecule has 22 heavy (non-hydrogen) atoms. The number of benzene rings is 1. The van der Waals surface area contributed by atoms with Crippen molar-refractivity contribution < 1.29 is 14.3 Å². The summed E-state index contributed by atoms with van der Waals surface area (Å²) in [5.41, 5.74) is 0.688. The fraction of sp³-hybridized carbons (Fsp3) is 0.267. The summed E-state index contributed by atoms with van der Waals surface area (Å²) in [5.74, 6) is 3.23. The van der Waals surface area contributed by atoms with E-state index in [1.54, 1.807) is 41.3 Å². The second kappa shape index (κ2) is 7.42. The number of ether oxygens (including phenoxy) is 2. The molecule has 0 radical (unpaired) electrons. The molecule has 116 valence electrons. The molecule has 0 atom stereocenters. The number of hydrogen-bond acceptors (Lipinski definition) is 5. The fourth-order valence-corrected chi connectivity index (χ4v) is 3.65. The highest BCUT2D eigenvalue weighted by atomic mass is 32.2. The molecular weight excluding hydrogens is 320 g/mol. The SMILES string of the molecule is O=C(NCCSCc1cccs1)Nc1ccc2c(c1)OCO2. The van der Waals surface area contributed by atoms with Crippen molar-refractivity contribution in [3.8, 4) is 11.5 Å². The molecule has 3 rings (SSSR count). The van der Waals surface area contributed by atoms with Crippen molar-refractivity contribution in [2.24, 2.45) is 0 Å². The van der Waals surface area contributed by atoms with E-state index in [9.17, 15) is 4.79 Å². The van der Waals surface area contributed by atoms with Gasteiger partial charge in [0.05, 0.1) is 0 Å². The maximum Gasteiger partial charge on any atom is 0.319 e. The minimum Gasteiger partial charge on any atom is -0.454 e. The topological polar surface area (TPSA) is 59.6 Å². The number of nitrogens with one attached hydrogen (secondary N) is 2. The van der Waals surface area contributed by atoms with Gasteiger partial charge in [0.15, 0.2) is 11.5 Å². The molecule has 2 amide bonds. The van der Waals surface area contributed by atoms with Crippen molar-refractivity contribution >= 4 is 34.8 Å². The average molecular weight is 336 g/mol. The van der Waals surface area contributed by atoms with E-state index < -0.39 is 0 Å². The highest BCUT2D eigenvalue weighted by molar-refractivity contribution is 7.98. The fourth-order valence-electron chi connectivity index (χ4n) is 1.95. The summed E-state index contributed by atoms with van der Waals surface area (Å²) >= 11 is 3.56. The van der Waals surface area contributed by atoms with E-state index in [1.807, 2.05) is 0 Å². The summed E-state index contributed by atoms with van der Waals surface area (Å²) in [4.78, 5) is 13.2. The zero-order valence-electron chi connectivity index (χ0n) is 11.8. The Kier molecular flexibility index (Phi) is 5.07. The van der Waals surface area contributed by atoms with Gasteiger partial charge < -0.3 is 20.1 Å². The Morgan fingerprint density at radius 3 is 3.05 bits per heavy atom. The Balaban J connectivity index is 1.35. The van der Waals surface area contributed by atoms with Crippen LogP contribution in [0, 0.1) is 0 Å². The lowest BCUT2D eigenvalue weighted by atomic mass is 10.3. The molecule has 1 aliphatic rings. The van der Waals surface area contributed by atoms with Gasteiger partial charge in [0.2, 0.25) is 6.79 Å². The molecule has 2 N–H and O–H groups in total. The molecule has 2 aromatic rings. The highest BCUT2D eigenvalue weighted by Crippen LogP contribution is 2.34. The Morgan fingerprint density at radius 2 is 2.18 bits per heavy atom. The molecule has 0 spiro atoms. The summed E-state index contributed by atoms with van der Waals surface area (Å²) in [6.07, 6.45) is 0. The van der Waals surface area contributed by atoms with E-state index in [1.165, 1.54) is 4.88 Å². The number of urea groups is 1. The van der Waals surface area contributed by atoms with E-state index in [0.29, 0.717) is 23.7 Å². The van der Waals surface area contributed by atoms with Crippen molar-refractivity contribution in [3.63, 3.8) is 0 Å². The molecule has 5 nitrogen and oxygen atoms in total. The van der Waals surface area contributed by atoms with E-state index in [-0.39, 0.29) is 12.8 Å². The van der Waals surface area contributed by atoms with Gasteiger partial charge in [0, 0.05) is 34.7 Å². The van der Waals surface area contributed by atoms with Crippen LogP contribution in [0.1, 0.15) is 4.88 Å². The zero-order chi connectivity index (χ0) is 15.2. The van der Waals surface area contributed by atoms with Crippen LogP contribution in [0.4, 0.5) is 10.5 Å². The maximum absolute atomic E-state index is 11.8.